The highest BCUT2D eigenvalue weighted by Gasteiger charge is 2.28. The van der Waals surface area contributed by atoms with Crippen molar-refractivity contribution in [1.29, 1.82) is 0 Å². The van der Waals surface area contributed by atoms with E-state index in [2.05, 4.69) is 60.2 Å². The number of hydrogen-bond acceptors (Lipinski definition) is 3. The van der Waals surface area contributed by atoms with E-state index in [1.54, 1.807) is 0 Å². The van der Waals surface area contributed by atoms with E-state index in [4.69, 9.17) is 0 Å². The summed E-state index contributed by atoms with van der Waals surface area (Å²) >= 11 is 0. The average Bonchev–Trinajstić information content (AvgIpc) is 3.09. The van der Waals surface area contributed by atoms with Crippen molar-refractivity contribution in [2.45, 2.75) is 45.7 Å². The number of piperazine rings is 1. The minimum Gasteiger partial charge on any atom is -0.368 e. The van der Waals surface area contributed by atoms with Crippen LogP contribution < -0.4 is 10.2 Å². The molecule has 138 valence electrons. The Morgan fingerprint density at radius 1 is 1.20 bits per heavy atom. The van der Waals surface area contributed by atoms with Crippen LogP contribution in [0.25, 0.3) is 0 Å². The second-order valence-electron chi connectivity index (χ2n) is 7.63. The summed E-state index contributed by atoms with van der Waals surface area (Å²) in [4.78, 5) is 19.3. The Bertz CT molecular complexity index is 581. The fraction of sp³-hybridized carbons (Fsp3) is 0.650. The number of carbonyl (C=O) groups excluding carboxylic acids is 1. The molecule has 1 aromatic carbocycles. The first-order chi connectivity index (χ1) is 12.0. The van der Waals surface area contributed by atoms with Crippen LogP contribution in [0.3, 0.4) is 0 Å². The number of carbonyl (C=O) groups is 1. The molecule has 1 atom stereocenters. The molecule has 0 spiro atoms. The van der Waals surface area contributed by atoms with Crippen molar-refractivity contribution in [2.75, 3.05) is 44.2 Å². The summed E-state index contributed by atoms with van der Waals surface area (Å²) in [5, 5.41) is 3.17. The zero-order chi connectivity index (χ0) is 17.8. The van der Waals surface area contributed by atoms with Gasteiger partial charge in [0.1, 0.15) is 0 Å². The van der Waals surface area contributed by atoms with E-state index in [1.165, 1.54) is 24.1 Å². The van der Waals surface area contributed by atoms with Gasteiger partial charge >= 0.3 is 6.03 Å². The Hall–Kier alpha value is -1.75. The van der Waals surface area contributed by atoms with Crippen LogP contribution in [0.5, 0.6) is 0 Å². The van der Waals surface area contributed by atoms with Gasteiger partial charge in [0, 0.05) is 50.5 Å². The molecule has 25 heavy (non-hydrogen) atoms. The molecular formula is C20H32N4O. The van der Waals surface area contributed by atoms with Gasteiger partial charge in [0.25, 0.3) is 0 Å². The zero-order valence-electron chi connectivity index (χ0n) is 15.9. The highest BCUT2D eigenvalue weighted by atomic mass is 16.2. The number of nitrogens with one attached hydrogen (secondary N) is 1. The molecule has 0 bridgehead atoms. The Balaban J connectivity index is 1.45. The van der Waals surface area contributed by atoms with Crippen LogP contribution in [0.1, 0.15) is 32.3 Å². The summed E-state index contributed by atoms with van der Waals surface area (Å²) in [5.41, 5.74) is 2.54. The normalized spacial score (nSPS) is 21.8. The van der Waals surface area contributed by atoms with Crippen molar-refractivity contribution in [3.8, 4) is 0 Å². The van der Waals surface area contributed by atoms with Crippen LogP contribution in [-0.2, 0) is 0 Å². The number of hydrogen-bond donors (Lipinski definition) is 1. The Kier molecular flexibility index (Phi) is 5.84. The van der Waals surface area contributed by atoms with Gasteiger partial charge in [-0.25, -0.2) is 4.79 Å². The van der Waals surface area contributed by atoms with E-state index in [0.29, 0.717) is 12.1 Å². The topological polar surface area (TPSA) is 38.8 Å². The van der Waals surface area contributed by atoms with Crippen LogP contribution in [0.15, 0.2) is 24.3 Å². The number of rotatable bonds is 4. The number of aryl methyl sites for hydroxylation is 1. The third-order valence-electron chi connectivity index (χ3n) is 5.51. The molecule has 3 rings (SSSR count). The highest BCUT2D eigenvalue weighted by molar-refractivity contribution is 5.74. The van der Waals surface area contributed by atoms with Gasteiger partial charge in [-0.1, -0.05) is 12.1 Å². The molecule has 5 heteroatoms. The van der Waals surface area contributed by atoms with Crippen LogP contribution in [-0.4, -0.2) is 67.2 Å². The molecule has 2 heterocycles. The number of nitrogens with zero attached hydrogens (tertiary/aromatic N) is 3. The van der Waals surface area contributed by atoms with E-state index < -0.39 is 0 Å². The summed E-state index contributed by atoms with van der Waals surface area (Å²) in [7, 11) is 0. The quantitative estimate of drug-likeness (QED) is 0.913. The van der Waals surface area contributed by atoms with Crippen molar-refractivity contribution in [1.82, 2.24) is 15.1 Å². The molecule has 2 saturated heterocycles. The molecule has 2 amide bonds. The van der Waals surface area contributed by atoms with E-state index >= 15 is 0 Å². The fourth-order valence-electron chi connectivity index (χ4n) is 4.07. The number of benzene rings is 1. The summed E-state index contributed by atoms with van der Waals surface area (Å²) in [6.07, 6.45) is 2.44. The highest BCUT2D eigenvalue weighted by Crippen LogP contribution is 2.20. The lowest BCUT2D eigenvalue weighted by atomic mass is 10.2. The summed E-state index contributed by atoms with van der Waals surface area (Å²) in [5.74, 6) is 0. The van der Waals surface area contributed by atoms with Gasteiger partial charge in [0.05, 0.1) is 0 Å². The second kappa shape index (κ2) is 8.09. The molecule has 2 aliphatic heterocycles. The number of urea groups is 1. The molecule has 1 N–H and O–H groups in total. The van der Waals surface area contributed by atoms with E-state index in [0.717, 1.165) is 39.3 Å². The van der Waals surface area contributed by atoms with Crippen molar-refractivity contribution in [2.24, 2.45) is 0 Å². The standard InChI is InChI=1S/C20H32N4O/c1-16(2)24-9-5-8-19(24)15-21-20(25)23-12-10-22(11-13-23)18-7-4-6-17(3)14-18/h4,6-7,14,16,19H,5,8-13,15H2,1-3H3,(H,21,25)/t19-/m0/s1. The molecule has 2 fully saturated rings. The third-order valence-corrected chi connectivity index (χ3v) is 5.51. The van der Waals surface area contributed by atoms with Gasteiger partial charge in [-0.2, -0.15) is 0 Å². The first-order valence-electron chi connectivity index (χ1n) is 9.64. The molecule has 0 unspecified atom stereocenters. The Labute approximate surface area is 152 Å². The smallest absolute Gasteiger partial charge is 0.317 e. The van der Waals surface area contributed by atoms with Crippen LogP contribution in [0.4, 0.5) is 10.5 Å². The van der Waals surface area contributed by atoms with Gasteiger partial charge < -0.3 is 15.1 Å². The SMILES string of the molecule is Cc1cccc(N2CCN(C(=O)NC[C@@H]3CCCN3C(C)C)CC2)c1. The lowest BCUT2D eigenvalue weighted by Gasteiger charge is -2.36. The van der Waals surface area contributed by atoms with Gasteiger partial charge in [-0.15, -0.1) is 0 Å². The average molecular weight is 345 g/mol. The maximum absolute atomic E-state index is 12.5. The van der Waals surface area contributed by atoms with Gasteiger partial charge in [0.2, 0.25) is 0 Å². The molecular weight excluding hydrogens is 312 g/mol. The number of amides is 2. The second-order valence-corrected chi connectivity index (χ2v) is 7.63. The van der Waals surface area contributed by atoms with Crippen molar-refractivity contribution < 1.29 is 4.79 Å². The monoisotopic (exact) mass is 344 g/mol. The molecule has 0 radical (unpaired) electrons. The lowest BCUT2D eigenvalue weighted by Crippen LogP contribution is -2.53. The molecule has 1 aromatic rings. The summed E-state index contributed by atoms with van der Waals surface area (Å²) in [6, 6.07) is 9.75. The van der Waals surface area contributed by atoms with Crippen molar-refractivity contribution in [3.05, 3.63) is 29.8 Å². The predicted octanol–water partition coefficient (Wildman–Crippen LogP) is 2.70. The van der Waals surface area contributed by atoms with Gasteiger partial charge in [-0.3, -0.25) is 4.90 Å². The summed E-state index contributed by atoms with van der Waals surface area (Å²) in [6.45, 7) is 11.9. The Morgan fingerprint density at radius 2 is 1.96 bits per heavy atom. The van der Waals surface area contributed by atoms with E-state index in [-0.39, 0.29) is 6.03 Å². The van der Waals surface area contributed by atoms with Gasteiger partial charge in [-0.05, 0) is 57.9 Å². The minimum absolute atomic E-state index is 0.0968. The molecule has 0 saturated carbocycles. The molecule has 5 nitrogen and oxygen atoms in total. The fourth-order valence-corrected chi connectivity index (χ4v) is 4.07. The van der Waals surface area contributed by atoms with E-state index in [1.807, 2.05) is 4.90 Å². The molecule has 0 aliphatic carbocycles. The molecule has 0 aromatic heterocycles. The third kappa shape index (κ3) is 4.46. The zero-order valence-corrected chi connectivity index (χ0v) is 15.9. The number of anilines is 1. The van der Waals surface area contributed by atoms with Crippen LogP contribution in [0, 0.1) is 6.92 Å². The first kappa shape index (κ1) is 18.1. The Morgan fingerprint density at radius 3 is 2.64 bits per heavy atom. The first-order valence-corrected chi connectivity index (χ1v) is 9.64. The predicted molar refractivity (Wildman–Crippen MR) is 103 cm³/mol. The van der Waals surface area contributed by atoms with Crippen molar-refractivity contribution in [3.63, 3.8) is 0 Å². The lowest BCUT2D eigenvalue weighted by molar-refractivity contribution is 0.177. The molecule has 2 aliphatic rings. The number of likely N-dealkylation sites (tertiary alicyclic amines) is 1. The van der Waals surface area contributed by atoms with E-state index in [9.17, 15) is 4.79 Å². The minimum atomic E-state index is 0.0968. The van der Waals surface area contributed by atoms with Gasteiger partial charge in [0.15, 0.2) is 0 Å². The van der Waals surface area contributed by atoms with Crippen LogP contribution in [0.2, 0.25) is 0 Å². The largest absolute Gasteiger partial charge is 0.368 e. The van der Waals surface area contributed by atoms with Crippen molar-refractivity contribution >= 4 is 11.7 Å². The maximum atomic E-state index is 12.5. The maximum Gasteiger partial charge on any atom is 0.317 e. The summed E-state index contributed by atoms with van der Waals surface area (Å²) < 4.78 is 0. The van der Waals surface area contributed by atoms with Crippen LogP contribution >= 0.6 is 0 Å².